The average Bonchev–Trinajstić information content (AvgIpc) is 2.40. The van der Waals surface area contributed by atoms with Gasteiger partial charge in [-0.25, -0.2) is 0 Å². The van der Waals surface area contributed by atoms with Gasteiger partial charge in [-0.2, -0.15) is 0 Å². The summed E-state index contributed by atoms with van der Waals surface area (Å²) in [6, 6.07) is 0.184. The van der Waals surface area contributed by atoms with E-state index >= 15 is 0 Å². The molecule has 0 aliphatic carbocycles. The molecular weight excluding hydrogens is 264 g/mol. The summed E-state index contributed by atoms with van der Waals surface area (Å²) in [5.74, 6) is -0.0139. The van der Waals surface area contributed by atoms with Gasteiger partial charge >= 0.3 is 5.97 Å². The first-order valence-electron chi connectivity index (χ1n) is 8.48. The van der Waals surface area contributed by atoms with Crippen LogP contribution in [0.3, 0.4) is 0 Å². The van der Waals surface area contributed by atoms with Crippen LogP contribution < -0.4 is 5.32 Å². The van der Waals surface area contributed by atoms with Crippen LogP contribution in [0.15, 0.2) is 0 Å². The molecule has 126 valence electrons. The lowest BCUT2D eigenvalue weighted by atomic mass is 9.94. The molecule has 21 heavy (non-hydrogen) atoms. The van der Waals surface area contributed by atoms with E-state index in [4.69, 9.17) is 0 Å². The zero-order chi connectivity index (χ0) is 16.5. The third kappa shape index (κ3) is 8.42. The van der Waals surface area contributed by atoms with Crippen molar-refractivity contribution in [2.24, 2.45) is 5.92 Å². The summed E-state index contributed by atoms with van der Waals surface area (Å²) in [5.41, 5.74) is -0.804. The second kappa shape index (κ2) is 10.2. The molecule has 0 spiro atoms. The number of aliphatic carboxylic acids is 1. The van der Waals surface area contributed by atoms with Crippen LogP contribution in [0.1, 0.15) is 67.2 Å². The standard InChI is InChI=1S/C17H36N2O2/c1-7-15(5)13-19(8-2)12-10-9-11-17(6,16(20)21)18-14(3)4/h14-15,18H,7-13H2,1-6H3,(H,20,21). The maximum atomic E-state index is 11.5. The van der Waals surface area contributed by atoms with Crippen molar-refractivity contribution in [2.45, 2.75) is 78.8 Å². The molecule has 0 aliphatic heterocycles. The average molecular weight is 300 g/mol. The number of carboxylic acids is 1. The van der Waals surface area contributed by atoms with Crippen molar-refractivity contribution in [3.05, 3.63) is 0 Å². The van der Waals surface area contributed by atoms with E-state index in [1.54, 1.807) is 6.92 Å². The maximum Gasteiger partial charge on any atom is 0.323 e. The van der Waals surface area contributed by atoms with Crippen LogP contribution in [0.4, 0.5) is 0 Å². The van der Waals surface area contributed by atoms with E-state index in [2.05, 4.69) is 31.0 Å². The zero-order valence-corrected chi connectivity index (χ0v) is 14.9. The Labute approximate surface area is 131 Å². The summed E-state index contributed by atoms with van der Waals surface area (Å²) >= 11 is 0. The van der Waals surface area contributed by atoms with E-state index in [-0.39, 0.29) is 6.04 Å². The molecular formula is C17H36N2O2. The van der Waals surface area contributed by atoms with Gasteiger partial charge in [0.1, 0.15) is 5.54 Å². The van der Waals surface area contributed by atoms with Crippen LogP contribution in [0.5, 0.6) is 0 Å². The molecule has 0 saturated carbocycles. The Morgan fingerprint density at radius 3 is 2.29 bits per heavy atom. The minimum atomic E-state index is -0.804. The van der Waals surface area contributed by atoms with Crippen LogP contribution >= 0.6 is 0 Å². The van der Waals surface area contributed by atoms with Gasteiger partial charge in [0.05, 0.1) is 0 Å². The van der Waals surface area contributed by atoms with Crippen molar-refractivity contribution >= 4 is 5.97 Å². The number of carboxylic acid groups (broad SMARTS) is 1. The number of carbonyl (C=O) groups is 1. The fraction of sp³-hybridized carbons (Fsp3) is 0.941. The molecule has 0 saturated heterocycles. The second-order valence-corrected chi connectivity index (χ2v) is 6.80. The number of rotatable bonds is 12. The largest absolute Gasteiger partial charge is 0.480 e. The second-order valence-electron chi connectivity index (χ2n) is 6.80. The highest BCUT2D eigenvalue weighted by Gasteiger charge is 2.32. The Bertz CT molecular complexity index is 295. The van der Waals surface area contributed by atoms with Crippen LogP contribution in [0, 0.1) is 5.92 Å². The highest BCUT2D eigenvalue weighted by atomic mass is 16.4. The van der Waals surface area contributed by atoms with Crippen molar-refractivity contribution in [1.29, 1.82) is 0 Å². The normalized spacial score (nSPS) is 16.2. The van der Waals surface area contributed by atoms with E-state index < -0.39 is 11.5 Å². The molecule has 0 heterocycles. The van der Waals surface area contributed by atoms with Crippen molar-refractivity contribution in [3.8, 4) is 0 Å². The van der Waals surface area contributed by atoms with E-state index in [0.717, 1.165) is 38.4 Å². The fourth-order valence-corrected chi connectivity index (χ4v) is 2.64. The first-order valence-corrected chi connectivity index (χ1v) is 8.48. The van der Waals surface area contributed by atoms with Gasteiger partial charge in [-0.05, 0) is 59.0 Å². The molecule has 0 amide bonds. The maximum absolute atomic E-state index is 11.5. The fourth-order valence-electron chi connectivity index (χ4n) is 2.64. The van der Waals surface area contributed by atoms with Crippen molar-refractivity contribution in [3.63, 3.8) is 0 Å². The van der Waals surface area contributed by atoms with Gasteiger partial charge in [0.15, 0.2) is 0 Å². The SMILES string of the molecule is CCC(C)CN(CC)CCCCC(C)(NC(C)C)C(=O)O. The van der Waals surface area contributed by atoms with Gasteiger partial charge in [0.25, 0.3) is 0 Å². The van der Waals surface area contributed by atoms with Crippen molar-refractivity contribution in [1.82, 2.24) is 10.2 Å². The third-order valence-electron chi connectivity index (χ3n) is 4.19. The highest BCUT2D eigenvalue weighted by molar-refractivity contribution is 5.78. The van der Waals surface area contributed by atoms with Gasteiger partial charge in [-0.3, -0.25) is 10.1 Å². The summed E-state index contributed by atoms with van der Waals surface area (Å²) < 4.78 is 0. The monoisotopic (exact) mass is 300 g/mol. The van der Waals surface area contributed by atoms with E-state index in [0.29, 0.717) is 6.42 Å². The summed E-state index contributed by atoms with van der Waals surface area (Å²) in [6.45, 7) is 15.8. The van der Waals surface area contributed by atoms with Crippen LogP contribution in [-0.4, -0.2) is 47.2 Å². The molecule has 0 radical (unpaired) electrons. The Kier molecular flexibility index (Phi) is 9.88. The molecule has 0 fully saturated rings. The van der Waals surface area contributed by atoms with Gasteiger partial charge < -0.3 is 10.0 Å². The van der Waals surface area contributed by atoms with E-state index in [1.165, 1.54) is 6.42 Å². The Hall–Kier alpha value is -0.610. The first kappa shape index (κ1) is 20.4. The molecule has 4 nitrogen and oxygen atoms in total. The first-order chi connectivity index (χ1) is 9.75. The van der Waals surface area contributed by atoms with Gasteiger partial charge in [0, 0.05) is 12.6 Å². The Morgan fingerprint density at radius 1 is 1.24 bits per heavy atom. The minimum absolute atomic E-state index is 0.184. The van der Waals surface area contributed by atoms with Gasteiger partial charge in [-0.15, -0.1) is 0 Å². The van der Waals surface area contributed by atoms with E-state index in [9.17, 15) is 9.90 Å². The lowest BCUT2D eigenvalue weighted by Gasteiger charge is -2.29. The highest BCUT2D eigenvalue weighted by Crippen LogP contribution is 2.16. The zero-order valence-electron chi connectivity index (χ0n) is 14.9. The summed E-state index contributed by atoms with van der Waals surface area (Å²) in [6.07, 6.45) is 3.90. The molecule has 2 N–H and O–H groups in total. The van der Waals surface area contributed by atoms with Gasteiger partial charge in [-0.1, -0.05) is 27.2 Å². The van der Waals surface area contributed by atoms with Crippen molar-refractivity contribution < 1.29 is 9.90 Å². The number of hydrogen-bond donors (Lipinski definition) is 2. The molecule has 0 bridgehead atoms. The molecule has 4 heteroatoms. The smallest absolute Gasteiger partial charge is 0.323 e. The molecule has 0 aromatic carbocycles. The summed E-state index contributed by atoms with van der Waals surface area (Å²) in [7, 11) is 0. The molecule has 2 atom stereocenters. The number of unbranched alkanes of at least 4 members (excludes halogenated alkanes) is 1. The third-order valence-corrected chi connectivity index (χ3v) is 4.19. The Morgan fingerprint density at radius 2 is 1.86 bits per heavy atom. The summed E-state index contributed by atoms with van der Waals surface area (Å²) in [5, 5.41) is 12.6. The Balaban J connectivity index is 4.17. The molecule has 0 aliphatic rings. The molecule has 0 rings (SSSR count). The number of hydrogen-bond acceptors (Lipinski definition) is 3. The van der Waals surface area contributed by atoms with Gasteiger partial charge in [0.2, 0.25) is 0 Å². The van der Waals surface area contributed by atoms with Crippen LogP contribution in [-0.2, 0) is 4.79 Å². The van der Waals surface area contributed by atoms with Crippen LogP contribution in [0.25, 0.3) is 0 Å². The topological polar surface area (TPSA) is 52.6 Å². The lowest BCUT2D eigenvalue weighted by Crippen LogP contribution is -2.52. The predicted molar refractivity (Wildman–Crippen MR) is 89.7 cm³/mol. The van der Waals surface area contributed by atoms with Crippen molar-refractivity contribution in [2.75, 3.05) is 19.6 Å². The lowest BCUT2D eigenvalue weighted by molar-refractivity contribution is -0.144. The molecule has 0 aromatic heterocycles. The molecule has 2 unspecified atom stereocenters. The van der Waals surface area contributed by atoms with Crippen LogP contribution in [0.2, 0.25) is 0 Å². The number of nitrogens with one attached hydrogen (secondary N) is 1. The minimum Gasteiger partial charge on any atom is -0.480 e. The quantitative estimate of drug-likeness (QED) is 0.543. The predicted octanol–water partition coefficient (Wildman–Crippen LogP) is 3.37. The molecule has 0 aromatic rings. The summed E-state index contributed by atoms with van der Waals surface area (Å²) in [4.78, 5) is 13.9. The van der Waals surface area contributed by atoms with E-state index in [1.807, 2.05) is 13.8 Å². The number of nitrogens with zero attached hydrogens (tertiary/aromatic N) is 1.